The number of hydrogen-bond acceptors (Lipinski definition) is 7. The van der Waals surface area contributed by atoms with Gasteiger partial charge < -0.3 is 26.9 Å². The van der Waals surface area contributed by atoms with Crippen molar-refractivity contribution in [1.82, 2.24) is 6.15 Å². The van der Waals surface area contributed by atoms with Crippen LogP contribution < -0.4 is 6.15 Å². The van der Waals surface area contributed by atoms with Crippen LogP contribution in [0.4, 0.5) is 0 Å². The van der Waals surface area contributed by atoms with Gasteiger partial charge in [0.25, 0.3) is 5.09 Å². The van der Waals surface area contributed by atoms with Gasteiger partial charge in [-0.1, -0.05) is 0 Å². The van der Waals surface area contributed by atoms with Gasteiger partial charge >= 0.3 is 17.9 Å². The minimum atomic E-state index is -2.92. The van der Waals surface area contributed by atoms with Crippen molar-refractivity contribution >= 4 is 17.9 Å². The zero-order valence-electron chi connectivity index (χ0n) is 8.86. The molecule has 0 saturated carbocycles. The van der Waals surface area contributed by atoms with Gasteiger partial charge in [0, 0.05) is 0 Å². The van der Waals surface area contributed by atoms with Gasteiger partial charge in [-0.05, 0) is 0 Å². The maximum atomic E-state index is 10.7. The Morgan fingerprint density at radius 2 is 1.44 bits per heavy atom. The zero-order valence-corrected chi connectivity index (χ0v) is 8.86. The average molecular weight is 272 g/mol. The van der Waals surface area contributed by atoms with E-state index in [0.717, 1.165) is 0 Å². The highest BCUT2D eigenvalue weighted by Crippen LogP contribution is 2.22. The lowest BCUT2D eigenvalue weighted by molar-refractivity contribution is -0.776. The monoisotopic (exact) mass is 272 g/mol. The Balaban J connectivity index is -0.00000112. The number of nitrogens with zero attached hydrogens (tertiary/aromatic N) is 1. The summed E-state index contributed by atoms with van der Waals surface area (Å²) in [5.41, 5.74) is -2.92. The Bertz CT molecular complexity index is 298. The molecular weight excluding hydrogens is 260 g/mol. The quantitative estimate of drug-likeness (QED) is 0.303. The van der Waals surface area contributed by atoms with E-state index in [4.69, 9.17) is 15.3 Å². The van der Waals surface area contributed by atoms with Crippen LogP contribution in [-0.4, -0.2) is 49.4 Å². The van der Waals surface area contributed by atoms with Crippen LogP contribution >= 0.6 is 0 Å². The van der Waals surface area contributed by atoms with Gasteiger partial charge in [-0.2, -0.15) is 0 Å². The fourth-order valence-corrected chi connectivity index (χ4v) is 0.949. The Labute approximate surface area is 98.8 Å². The molecule has 8 N–H and O–H groups in total. The van der Waals surface area contributed by atoms with E-state index in [9.17, 15) is 24.5 Å². The molecule has 0 atom stereocenters. The van der Waals surface area contributed by atoms with E-state index in [2.05, 4.69) is 4.84 Å². The van der Waals surface area contributed by atoms with Gasteiger partial charge in [0.05, 0.1) is 12.8 Å². The molecule has 0 spiro atoms. The molecule has 0 aromatic carbocycles. The van der Waals surface area contributed by atoms with Crippen molar-refractivity contribution in [2.24, 2.45) is 0 Å². The van der Waals surface area contributed by atoms with Crippen LogP contribution in [0, 0.1) is 10.1 Å². The Morgan fingerprint density at radius 1 is 1.11 bits per heavy atom. The minimum absolute atomic E-state index is 0. The molecule has 0 bridgehead atoms. The predicted molar refractivity (Wildman–Crippen MR) is 51.6 cm³/mol. The standard InChI is InChI=1S/C6H7NO9.H3N.H2O/c8-3(9)1-6(5(12)13,2-4(10)11)16-7(14)15;;/h1-2H2,(H,8,9)(H,10,11)(H,12,13);1H3;1H2. The summed E-state index contributed by atoms with van der Waals surface area (Å²) in [6.45, 7) is 0. The van der Waals surface area contributed by atoms with Crippen LogP contribution in [-0.2, 0) is 19.2 Å². The molecule has 0 aromatic rings. The summed E-state index contributed by atoms with van der Waals surface area (Å²) in [6.07, 6.45) is -2.68. The van der Waals surface area contributed by atoms with Crippen LogP contribution in [0.5, 0.6) is 0 Å². The van der Waals surface area contributed by atoms with Crippen LogP contribution in [0.2, 0.25) is 0 Å². The van der Waals surface area contributed by atoms with Crippen LogP contribution in [0.25, 0.3) is 0 Å². The molecule has 0 heterocycles. The van der Waals surface area contributed by atoms with E-state index in [-0.39, 0.29) is 11.6 Å². The maximum Gasteiger partial charge on any atom is 0.337 e. The smallest absolute Gasteiger partial charge is 0.337 e. The van der Waals surface area contributed by atoms with Crippen molar-refractivity contribution in [3.63, 3.8) is 0 Å². The summed E-state index contributed by atoms with van der Waals surface area (Å²) in [5, 5.41) is 33.8. The third-order valence-corrected chi connectivity index (χ3v) is 1.51. The van der Waals surface area contributed by atoms with Gasteiger partial charge in [0.2, 0.25) is 5.60 Å². The van der Waals surface area contributed by atoms with E-state index in [1.54, 1.807) is 0 Å². The number of aliphatic carboxylic acids is 3. The van der Waals surface area contributed by atoms with Gasteiger partial charge in [0.15, 0.2) is 0 Å². The highest BCUT2D eigenvalue weighted by Gasteiger charge is 2.47. The van der Waals surface area contributed by atoms with Gasteiger partial charge in [-0.15, -0.1) is 10.1 Å². The average Bonchev–Trinajstić information content (AvgIpc) is 1.98. The summed E-state index contributed by atoms with van der Waals surface area (Å²) in [6, 6.07) is 0. The largest absolute Gasteiger partial charge is 0.481 e. The second-order valence-corrected chi connectivity index (χ2v) is 2.76. The summed E-state index contributed by atoms with van der Waals surface area (Å²) in [7, 11) is 0. The van der Waals surface area contributed by atoms with Gasteiger partial charge in [0.1, 0.15) is 0 Å². The fourth-order valence-electron chi connectivity index (χ4n) is 0.949. The summed E-state index contributed by atoms with van der Waals surface area (Å²) < 4.78 is 0. The first-order chi connectivity index (χ1) is 7.19. The van der Waals surface area contributed by atoms with E-state index < -0.39 is 41.4 Å². The predicted octanol–water partition coefficient (Wildman–Crippen LogP) is -1.70. The second kappa shape index (κ2) is 7.75. The number of carboxylic acids is 3. The highest BCUT2D eigenvalue weighted by atomic mass is 17.0. The van der Waals surface area contributed by atoms with E-state index in [1.165, 1.54) is 0 Å². The van der Waals surface area contributed by atoms with Crippen molar-refractivity contribution in [2.45, 2.75) is 18.4 Å². The molecule has 0 aliphatic heterocycles. The molecule has 0 saturated heterocycles. The molecule has 12 nitrogen and oxygen atoms in total. The fraction of sp³-hybridized carbons (Fsp3) is 0.500. The van der Waals surface area contributed by atoms with E-state index in [1.807, 2.05) is 0 Å². The van der Waals surface area contributed by atoms with Crippen molar-refractivity contribution in [1.29, 1.82) is 0 Å². The normalized spacial score (nSPS) is 9.33. The van der Waals surface area contributed by atoms with E-state index in [0.29, 0.717) is 0 Å². The van der Waals surface area contributed by atoms with Crippen LogP contribution in [0.3, 0.4) is 0 Å². The molecule has 0 aliphatic carbocycles. The third-order valence-electron chi connectivity index (χ3n) is 1.51. The Kier molecular flexibility index (Phi) is 8.99. The van der Waals surface area contributed by atoms with Crippen molar-refractivity contribution < 1.29 is 45.1 Å². The topological polar surface area (TPSA) is 231 Å². The molecule has 0 radical (unpaired) electrons. The van der Waals surface area contributed by atoms with Crippen LogP contribution in [0.15, 0.2) is 0 Å². The van der Waals surface area contributed by atoms with Crippen molar-refractivity contribution in [3.8, 4) is 0 Å². The molecule has 0 fully saturated rings. The van der Waals surface area contributed by atoms with Gasteiger partial charge in [-0.3, -0.25) is 14.4 Å². The Morgan fingerprint density at radius 3 is 1.61 bits per heavy atom. The lowest BCUT2D eigenvalue weighted by Gasteiger charge is -2.22. The van der Waals surface area contributed by atoms with E-state index >= 15 is 0 Å². The highest BCUT2D eigenvalue weighted by molar-refractivity contribution is 5.88. The van der Waals surface area contributed by atoms with Crippen LogP contribution in [0.1, 0.15) is 12.8 Å². The van der Waals surface area contributed by atoms with Gasteiger partial charge in [-0.25, -0.2) is 4.79 Å². The molecule has 12 heteroatoms. The first-order valence-electron chi connectivity index (χ1n) is 3.70. The third kappa shape index (κ3) is 6.19. The molecule has 18 heavy (non-hydrogen) atoms. The molecule has 0 rings (SSSR count). The van der Waals surface area contributed by atoms with Crippen molar-refractivity contribution in [2.75, 3.05) is 0 Å². The number of rotatable bonds is 7. The lowest BCUT2D eigenvalue weighted by atomic mass is 9.96. The summed E-state index contributed by atoms with van der Waals surface area (Å²) >= 11 is 0. The first kappa shape index (κ1) is 20.9. The molecular formula is C6H12N2O10. The van der Waals surface area contributed by atoms with Crippen molar-refractivity contribution in [3.05, 3.63) is 10.1 Å². The Hall–Kier alpha value is -2.47. The maximum absolute atomic E-state index is 10.7. The first-order valence-corrected chi connectivity index (χ1v) is 3.70. The SMILES string of the molecule is N.O.O=C(O)CC(CC(=O)O)(O[N+](=O)[O-])C(=O)O. The lowest BCUT2D eigenvalue weighted by Crippen LogP contribution is -2.46. The molecule has 0 aliphatic rings. The molecule has 106 valence electrons. The zero-order chi connectivity index (χ0) is 12.9. The number of carbonyl (C=O) groups is 3. The second-order valence-electron chi connectivity index (χ2n) is 2.76. The minimum Gasteiger partial charge on any atom is -0.481 e. The summed E-state index contributed by atoms with van der Waals surface area (Å²) in [4.78, 5) is 45.0. The molecule has 0 unspecified atom stereocenters. The molecule has 0 amide bonds. The number of hydrogen-bond donors (Lipinski definition) is 4. The number of carboxylic acid groups (broad SMARTS) is 3. The summed E-state index contributed by atoms with van der Waals surface area (Å²) in [5.74, 6) is -5.50. The molecule has 0 aromatic heterocycles.